The number of para-hydroxylation sites is 1. The van der Waals surface area contributed by atoms with Gasteiger partial charge in [0.05, 0.1) is 0 Å². The lowest BCUT2D eigenvalue weighted by Crippen LogP contribution is -2.34. The zero-order valence-electron chi connectivity index (χ0n) is 17.7. The van der Waals surface area contributed by atoms with E-state index in [1.54, 1.807) is 18.3 Å². The van der Waals surface area contributed by atoms with Crippen molar-refractivity contribution in [1.29, 1.82) is 0 Å². The van der Waals surface area contributed by atoms with Crippen LogP contribution in [0.4, 0.5) is 0 Å². The zero-order valence-corrected chi connectivity index (χ0v) is 18.5. The highest BCUT2D eigenvalue weighted by molar-refractivity contribution is 6.30. The second-order valence-electron chi connectivity index (χ2n) is 7.51. The number of carbonyl (C=O) groups excluding carboxylic acids is 1. The minimum absolute atomic E-state index is 0.0969. The second kappa shape index (κ2) is 10.2. The van der Waals surface area contributed by atoms with Gasteiger partial charge in [0.2, 0.25) is 0 Å². The van der Waals surface area contributed by atoms with Crippen LogP contribution in [0.15, 0.2) is 91.3 Å². The maximum atomic E-state index is 12.8. The molecule has 0 saturated carbocycles. The van der Waals surface area contributed by atoms with Crippen molar-refractivity contribution in [3.63, 3.8) is 0 Å². The van der Waals surface area contributed by atoms with E-state index in [9.17, 15) is 4.79 Å². The number of imidazole rings is 1. The van der Waals surface area contributed by atoms with Crippen LogP contribution in [0.25, 0.3) is 0 Å². The van der Waals surface area contributed by atoms with Gasteiger partial charge in [0.1, 0.15) is 17.6 Å². The first-order valence-corrected chi connectivity index (χ1v) is 10.7. The van der Waals surface area contributed by atoms with E-state index in [1.165, 1.54) is 5.56 Å². The average molecular weight is 446 g/mol. The van der Waals surface area contributed by atoms with E-state index in [4.69, 9.17) is 16.3 Å². The predicted octanol–water partition coefficient (Wildman–Crippen LogP) is 4.95. The molecule has 0 bridgehead atoms. The topological polar surface area (TPSA) is 56.2 Å². The number of aryl methyl sites for hydroxylation is 1. The molecule has 0 spiro atoms. The van der Waals surface area contributed by atoms with Gasteiger partial charge in [-0.05, 0) is 34.9 Å². The summed E-state index contributed by atoms with van der Waals surface area (Å²) in [5, 5.41) is 3.68. The van der Waals surface area contributed by atoms with E-state index in [2.05, 4.69) is 22.4 Å². The summed E-state index contributed by atoms with van der Waals surface area (Å²) in [7, 11) is 1.90. The number of ether oxygens (including phenoxy) is 1. The fourth-order valence-electron chi connectivity index (χ4n) is 3.56. The van der Waals surface area contributed by atoms with Crippen LogP contribution in [0, 0.1) is 0 Å². The van der Waals surface area contributed by atoms with Gasteiger partial charge in [-0.15, -0.1) is 0 Å². The Kier molecular flexibility index (Phi) is 6.87. The fourth-order valence-corrected chi connectivity index (χ4v) is 3.69. The summed E-state index contributed by atoms with van der Waals surface area (Å²) in [5.41, 5.74) is 3.11. The van der Waals surface area contributed by atoms with Crippen molar-refractivity contribution in [2.75, 3.05) is 6.61 Å². The summed E-state index contributed by atoms with van der Waals surface area (Å²) in [6.07, 6.45) is 4.29. The number of hydrogen-bond acceptors (Lipinski definition) is 3. The van der Waals surface area contributed by atoms with E-state index < -0.39 is 6.04 Å². The Labute approximate surface area is 192 Å². The Bertz CT molecular complexity index is 1170. The normalized spacial score (nSPS) is 11.7. The quantitative estimate of drug-likeness (QED) is 0.417. The Morgan fingerprint density at radius 3 is 2.47 bits per heavy atom. The number of aromatic nitrogens is 2. The van der Waals surface area contributed by atoms with Gasteiger partial charge in [0, 0.05) is 30.9 Å². The van der Waals surface area contributed by atoms with Crippen LogP contribution in [0.1, 0.15) is 28.6 Å². The molecule has 0 aliphatic carbocycles. The third-order valence-corrected chi connectivity index (χ3v) is 5.45. The molecule has 0 saturated heterocycles. The van der Waals surface area contributed by atoms with E-state index in [-0.39, 0.29) is 12.5 Å². The SMILES string of the molecule is Cn1ccnc1[C@@H](NC(=O)COc1ccccc1Cc1ccccc1)c1ccc(Cl)cc1. The van der Waals surface area contributed by atoms with Gasteiger partial charge in [0.15, 0.2) is 6.61 Å². The summed E-state index contributed by atoms with van der Waals surface area (Å²) in [5.74, 6) is 1.19. The van der Waals surface area contributed by atoms with Crippen LogP contribution < -0.4 is 10.1 Å². The molecule has 6 heteroatoms. The van der Waals surface area contributed by atoms with Crippen molar-refractivity contribution < 1.29 is 9.53 Å². The molecule has 32 heavy (non-hydrogen) atoms. The van der Waals surface area contributed by atoms with Crippen molar-refractivity contribution >= 4 is 17.5 Å². The molecule has 1 heterocycles. The van der Waals surface area contributed by atoms with Crippen molar-refractivity contribution in [3.05, 3.63) is 119 Å². The van der Waals surface area contributed by atoms with Gasteiger partial charge in [-0.2, -0.15) is 0 Å². The number of carbonyl (C=O) groups is 1. The molecule has 0 fully saturated rings. The maximum absolute atomic E-state index is 12.8. The van der Waals surface area contributed by atoms with Crippen molar-refractivity contribution in [1.82, 2.24) is 14.9 Å². The third-order valence-electron chi connectivity index (χ3n) is 5.19. The highest BCUT2D eigenvalue weighted by atomic mass is 35.5. The number of nitrogens with zero attached hydrogens (tertiary/aromatic N) is 2. The van der Waals surface area contributed by atoms with Crippen LogP contribution in [-0.2, 0) is 18.3 Å². The van der Waals surface area contributed by atoms with Crippen LogP contribution in [0.5, 0.6) is 5.75 Å². The number of nitrogens with one attached hydrogen (secondary N) is 1. The van der Waals surface area contributed by atoms with Gasteiger partial charge in [-0.3, -0.25) is 4.79 Å². The zero-order chi connectivity index (χ0) is 22.3. The lowest BCUT2D eigenvalue weighted by Gasteiger charge is -2.20. The summed E-state index contributed by atoms with van der Waals surface area (Å²) in [6, 6.07) is 24.9. The van der Waals surface area contributed by atoms with Gasteiger partial charge >= 0.3 is 0 Å². The van der Waals surface area contributed by atoms with Gasteiger partial charge in [-0.1, -0.05) is 72.3 Å². The summed E-state index contributed by atoms with van der Waals surface area (Å²) >= 11 is 6.04. The second-order valence-corrected chi connectivity index (χ2v) is 7.94. The van der Waals surface area contributed by atoms with Gasteiger partial charge < -0.3 is 14.6 Å². The first-order chi connectivity index (χ1) is 15.6. The number of benzene rings is 3. The molecule has 1 N–H and O–H groups in total. The Hall–Kier alpha value is -3.57. The lowest BCUT2D eigenvalue weighted by atomic mass is 10.0. The average Bonchev–Trinajstić information content (AvgIpc) is 3.24. The molecule has 1 aromatic heterocycles. The third kappa shape index (κ3) is 5.37. The standard InChI is InChI=1S/C26H24ClN3O2/c1-30-16-15-28-26(30)25(20-11-13-22(27)14-12-20)29-24(31)18-32-23-10-6-5-9-21(23)17-19-7-3-2-4-8-19/h2-16,25H,17-18H2,1H3,(H,29,31)/t25-/m0/s1. The van der Waals surface area contributed by atoms with E-state index in [1.807, 2.05) is 72.4 Å². The van der Waals surface area contributed by atoms with Crippen LogP contribution in [0.2, 0.25) is 5.02 Å². The molecule has 0 aliphatic rings. The minimum atomic E-state index is -0.414. The molecular formula is C26H24ClN3O2. The van der Waals surface area contributed by atoms with Gasteiger partial charge in [-0.25, -0.2) is 4.98 Å². The molecule has 1 amide bonds. The van der Waals surface area contributed by atoms with E-state index >= 15 is 0 Å². The highest BCUT2D eigenvalue weighted by Crippen LogP contribution is 2.23. The molecule has 0 radical (unpaired) electrons. The summed E-state index contributed by atoms with van der Waals surface area (Å²) in [6.45, 7) is -0.0969. The van der Waals surface area contributed by atoms with E-state index in [0.29, 0.717) is 10.8 Å². The van der Waals surface area contributed by atoms with Crippen molar-refractivity contribution in [3.8, 4) is 5.75 Å². The Morgan fingerprint density at radius 2 is 1.75 bits per heavy atom. The molecule has 0 aliphatic heterocycles. The maximum Gasteiger partial charge on any atom is 0.258 e. The number of amides is 1. The molecule has 162 valence electrons. The van der Waals surface area contributed by atoms with Crippen LogP contribution in [-0.4, -0.2) is 22.1 Å². The molecular weight excluding hydrogens is 422 g/mol. The summed E-state index contributed by atoms with van der Waals surface area (Å²) in [4.78, 5) is 17.3. The predicted molar refractivity (Wildman–Crippen MR) is 126 cm³/mol. The first kappa shape index (κ1) is 21.7. The van der Waals surface area contributed by atoms with Crippen molar-refractivity contribution in [2.24, 2.45) is 7.05 Å². The van der Waals surface area contributed by atoms with Crippen LogP contribution >= 0.6 is 11.6 Å². The largest absolute Gasteiger partial charge is 0.483 e. The van der Waals surface area contributed by atoms with E-state index in [0.717, 1.165) is 23.4 Å². The molecule has 4 rings (SSSR count). The number of hydrogen-bond donors (Lipinski definition) is 1. The van der Waals surface area contributed by atoms with Crippen molar-refractivity contribution in [2.45, 2.75) is 12.5 Å². The number of halogens is 1. The summed E-state index contributed by atoms with van der Waals surface area (Å²) < 4.78 is 7.80. The molecule has 5 nitrogen and oxygen atoms in total. The Morgan fingerprint density at radius 1 is 1.03 bits per heavy atom. The lowest BCUT2D eigenvalue weighted by molar-refractivity contribution is -0.123. The minimum Gasteiger partial charge on any atom is -0.483 e. The molecule has 1 atom stereocenters. The molecule has 4 aromatic rings. The molecule has 3 aromatic carbocycles. The van der Waals surface area contributed by atoms with Crippen LogP contribution in [0.3, 0.4) is 0 Å². The smallest absolute Gasteiger partial charge is 0.258 e. The highest BCUT2D eigenvalue weighted by Gasteiger charge is 2.21. The monoisotopic (exact) mass is 445 g/mol. The van der Waals surface area contributed by atoms with Gasteiger partial charge in [0.25, 0.3) is 5.91 Å². The first-order valence-electron chi connectivity index (χ1n) is 10.4. The fraction of sp³-hybridized carbons (Fsp3) is 0.154. The Balaban J connectivity index is 1.47. The number of rotatable bonds is 8. The molecule has 0 unspecified atom stereocenters.